The third kappa shape index (κ3) is 4.76. The number of rotatable bonds is 3. The molecule has 0 saturated carbocycles. The topological polar surface area (TPSA) is 55.1 Å². The molecule has 1 aliphatic rings. The van der Waals surface area contributed by atoms with E-state index in [0.29, 0.717) is 18.0 Å². The quantitative estimate of drug-likeness (QED) is 0.840. The van der Waals surface area contributed by atoms with E-state index in [-0.39, 0.29) is 18.0 Å². The lowest BCUT2D eigenvalue weighted by atomic mass is 10.0. The second kappa shape index (κ2) is 8.06. The van der Waals surface area contributed by atoms with Crippen LogP contribution in [0.5, 0.6) is 0 Å². The standard InChI is InChI=1S/C16H19FN2OS/c17-15-10-12(2-1-7-18)3-4-14(15)16(20)19-11-13-5-8-21-9-6-13/h3-4,10,13H,5-9,11,18H2,(H,19,20). The molecule has 3 nitrogen and oxygen atoms in total. The second-order valence-electron chi connectivity index (χ2n) is 4.97. The monoisotopic (exact) mass is 306 g/mol. The maximum Gasteiger partial charge on any atom is 0.254 e. The largest absolute Gasteiger partial charge is 0.352 e. The lowest BCUT2D eigenvalue weighted by Crippen LogP contribution is -2.31. The molecule has 1 saturated heterocycles. The van der Waals surface area contributed by atoms with Crippen molar-refractivity contribution in [2.45, 2.75) is 12.8 Å². The molecule has 2 rings (SSSR count). The molecule has 1 heterocycles. The average molecular weight is 306 g/mol. The van der Waals surface area contributed by atoms with Crippen molar-refractivity contribution in [2.75, 3.05) is 24.6 Å². The summed E-state index contributed by atoms with van der Waals surface area (Å²) in [6, 6.07) is 4.38. The molecule has 5 heteroatoms. The fraction of sp³-hybridized carbons (Fsp3) is 0.438. The Morgan fingerprint density at radius 3 is 2.86 bits per heavy atom. The van der Waals surface area contributed by atoms with Crippen molar-refractivity contribution in [3.8, 4) is 11.8 Å². The van der Waals surface area contributed by atoms with Crippen LogP contribution in [0.2, 0.25) is 0 Å². The van der Waals surface area contributed by atoms with E-state index in [1.165, 1.54) is 12.1 Å². The summed E-state index contributed by atoms with van der Waals surface area (Å²) in [6.07, 6.45) is 2.22. The van der Waals surface area contributed by atoms with E-state index in [1.807, 2.05) is 11.8 Å². The molecule has 1 amide bonds. The van der Waals surface area contributed by atoms with Gasteiger partial charge < -0.3 is 11.1 Å². The maximum atomic E-state index is 13.9. The molecule has 0 aromatic heterocycles. The summed E-state index contributed by atoms with van der Waals surface area (Å²) in [5.74, 6) is 7.29. The number of halogens is 1. The number of hydrogen-bond donors (Lipinski definition) is 2. The van der Waals surface area contributed by atoms with Gasteiger partial charge in [-0.2, -0.15) is 11.8 Å². The van der Waals surface area contributed by atoms with E-state index in [1.54, 1.807) is 6.07 Å². The molecular formula is C16H19FN2OS. The summed E-state index contributed by atoms with van der Waals surface area (Å²) in [4.78, 5) is 12.0. The van der Waals surface area contributed by atoms with Crippen LogP contribution < -0.4 is 11.1 Å². The molecule has 1 aliphatic heterocycles. The van der Waals surface area contributed by atoms with Gasteiger partial charge in [0.25, 0.3) is 5.91 Å². The molecule has 21 heavy (non-hydrogen) atoms. The Morgan fingerprint density at radius 1 is 1.43 bits per heavy atom. The van der Waals surface area contributed by atoms with Gasteiger partial charge in [-0.25, -0.2) is 4.39 Å². The van der Waals surface area contributed by atoms with E-state index in [0.717, 1.165) is 24.3 Å². The fourth-order valence-electron chi connectivity index (χ4n) is 2.21. The molecule has 112 valence electrons. The van der Waals surface area contributed by atoms with Gasteiger partial charge in [0.05, 0.1) is 12.1 Å². The minimum absolute atomic E-state index is 0.0680. The van der Waals surface area contributed by atoms with Crippen molar-refractivity contribution in [3.05, 3.63) is 35.1 Å². The number of carbonyl (C=O) groups is 1. The summed E-state index contributed by atoms with van der Waals surface area (Å²) in [5, 5.41) is 2.83. The van der Waals surface area contributed by atoms with Crippen LogP contribution in [0.4, 0.5) is 4.39 Å². The van der Waals surface area contributed by atoms with Gasteiger partial charge in [-0.3, -0.25) is 4.79 Å². The first-order chi connectivity index (χ1) is 10.2. The van der Waals surface area contributed by atoms with E-state index in [2.05, 4.69) is 17.2 Å². The molecule has 1 fully saturated rings. The fourth-order valence-corrected chi connectivity index (χ4v) is 3.42. The zero-order valence-corrected chi connectivity index (χ0v) is 12.6. The lowest BCUT2D eigenvalue weighted by molar-refractivity contribution is 0.0942. The van der Waals surface area contributed by atoms with Gasteiger partial charge in [-0.1, -0.05) is 11.8 Å². The number of nitrogens with two attached hydrogens (primary N) is 1. The van der Waals surface area contributed by atoms with Crippen molar-refractivity contribution < 1.29 is 9.18 Å². The minimum atomic E-state index is -0.546. The Morgan fingerprint density at radius 2 is 2.19 bits per heavy atom. The van der Waals surface area contributed by atoms with Crippen molar-refractivity contribution in [3.63, 3.8) is 0 Å². The van der Waals surface area contributed by atoms with Crippen LogP contribution >= 0.6 is 11.8 Å². The number of amides is 1. The summed E-state index contributed by atoms with van der Waals surface area (Å²) >= 11 is 1.95. The minimum Gasteiger partial charge on any atom is -0.352 e. The van der Waals surface area contributed by atoms with Gasteiger partial charge in [-0.05, 0) is 48.5 Å². The second-order valence-corrected chi connectivity index (χ2v) is 6.19. The first-order valence-electron chi connectivity index (χ1n) is 7.05. The van der Waals surface area contributed by atoms with Crippen molar-refractivity contribution >= 4 is 17.7 Å². The summed E-state index contributed by atoms with van der Waals surface area (Å²) in [7, 11) is 0. The highest BCUT2D eigenvalue weighted by Crippen LogP contribution is 2.22. The van der Waals surface area contributed by atoms with Crippen LogP contribution in [-0.2, 0) is 0 Å². The summed E-state index contributed by atoms with van der Waals surface area (Å²) in [6.45, 7) is 0.844. The van der Waals surface area contributed by atoms with Crippen LogP contribution in [-0.4, -0.2) is 30.5 Å². The van der Waals surface area contributed by atoms with Crippen LogP contribution in [0, 0.1) is 23.6 Å². The third-order valence-electron chi connectivity index (χ3n) is 3.44. The van der Waals surface area contributed by atoms with E-state index >= 15 is 0 Å². The van der Waals surface area contributed by atoms with Crippen molar-refractivity contribution in [1.82, 2.24) is 5.32 Å². The molecule has 0 bridgehead atoms. The Balaban J connectivity index is 1.95. The smallest absolute Gasteiger partial charge is 0.254 e. The molecule has 0 spiro atoms. The van der Waals surface area contributed by atoms with Crippen molar-refractivity contribution in [1.29, 1.82) is 0 Å². The van der Waals surface area contributed by atoms with Crippen molar-refractivity contribution in [2.24, 2.45) is 11.7 Å². The summed E-state index contributed by atoms with van der Waals surface area (Å²) in [5.41, 5.74) is 5.86. The van der Waals surface area contributed by atoms with Gasteiger partial charge in [0.1, 0.15) is 5.82 Å². The van der Waals surface area contributed by atoms with Crippen LogP contribution in [0.25, 0.3) is 0 Å². The predicted octanol–water partition coefficient (Wildman–Crippen LogP) is 2.01. The van der Waals surface area contributed by atoms with Gasteiger partial charge in [0.15, 0.2) is 0 Å². The number of carbonyl (C=O) groups excluding carboxylic acids is 1. The van der Waals surface area contributed by atoms with Gasteiger partial charge in [0, 0.05) is 12.1 Å². The number of nitrogens with one attached hydrogen (secondary N) is 1. The van der Waals surface area contributed by atoms with E-state index < -0.39 is 5.82 Å². The van der Waals surface area contributed by atoms with Gasteiger partial charge in [-0.15, -0.1) is 0 Å². The zero-order valence-electron chi connectivity index (χ0n) is 11.8. The molecule has 0 radical (unpaired) electrons. The number of benzene rings is 1. The summed E-state index contributed by atoms with van der Waals surface area (Å²) < 4.78 is 13.9. The highest BCUT2D eigenvalue weighted by molar-refractivity contribution is 7.99. The molecule has 0 aliphatic carbocycles. The maximum absolute atomic E-state index is 13.9. The van der Waals surface area contributed by atoms with Gasteiger partial charge in [0.2, 0.25) is 0 Å². The Hall–Kier alpha value is -1.51. The average Bonchev–Trinajstić information content (AvgIpc) is 2.51. The highest BCUT2D eigenvalue weighted by Gasteiger charge is 2.16. The number of hydrogen-bond acceptors (Lipinski definition) is 3. The Labute approximate surface area is 128 Å². The van der Waals surface area contributed by atoms with E-state index in [4.69, 9.17) is 5.73 Å². The third-order valence-corrected chi connectivity index (χ3v) is 4.49. The zero-order chi connectivity index (χ0) is 15.1. The predicted molar refractivity (Wildman–Crippen MR) is 84.7 cm³/mol. The lowest BCUT2D eigenvalue weighted by Gasteiger charge is -2.21. The molecule has 1 aromatic carbocycles. The molecule has 3 N–H and O–H groups in total. The van der Waals surface area contributed by atoms with Crippen LogP contribution in [0.1, 0.15) is 28.8 Å². The molecule has 0 atom stereocenters. The first-order valence-corrected chi connectivity index (χ1v) is 8.20. The molecular weight excluding hydrogens is 287 g/mol. The Kier molecular flexibility index (Phi) is 6.09. The van der Waals surface area contributed by atoms with Crippen LogP contribution in [0.15, 0.2) is 18.2 Å². The molecule has 1 aromatic rings. The van der Waals surface area contributed by atoms with Gasteiger partial charge >= 0.3 is 0 Å². The van der Waals surface area contributed by atoms with Crippen LogP contribution in [0.3, 0.4) is 0 Å². The van der Waals surface area contributed by atoms with E-state index in [9.17, 15) is 9.18 Å². The first kappa shape index (κ1) is 15.9. The number of thioether (sulfide) groups is 1. The SMILES string of the molecule is NCC#Cc1ccc(C(=O)NCC2CCSCC2)c(F)c1. The molecule has 0 unspecified atom stereocenters. The normalized spacial score (nSPS) is 15.1. The Bertz CT molecular complexity index is 559. The highest BCUT2D eigenvalue weighted by atomic mass is 32.2.